The topological polar surface area (TPSA) is 44.1 Å². The van der Waals surface area contributed by atoms with Crippen LogP contribution in [-0.2, 0) is 11.3 Å². The first-order chi connectivity index (χ1) is 10.7. The molecule has 0 saturated carbocycles. The van der Waals surface area contributed by atoms with Crippen LogP contribution in [0.15, 0.2) is 47.8 Å². The summed E-state index contributed by atoms with van der Waals surface area (Å²) in [5, 5.41) is 6.71. The Bertz CT molecular complexity index is 782. The van der Waals surface area contributed by atoms with Crippen LogP contribution in [0.5, 0.6) is 0 Å². The number of aryl methyl sites for hydroxylation is 1. The van der Waals surface area contributed by atoms with E-state index in [1.807, 2.05) is 48.7 Å². The highest BCUT2D eigenvalue weighted by Gasteiger charge is 2.17. The largest absolute Gasteiger partial charge is 0.456 e. The lowest BCUT2D eigenvalue weighted by molar-refractivity contribution is 0.0478. The molecule has 3 rings (SSSR count). The molecule has 0 aliphatic carbocycles. The van der Waals surface area contributed by atoms with Gasteiger partial charge in [0.25, 0.3) is 0 Å². The first-order valence-electron chi connectivity index (χ1n) is 6.67. The summed E-state index contributed by atoms with van der Waals surface area (Å²) in [5.41, 5.74) is 2.33. The molecule has 0 aliphatic heterocycles. The van der Waals surface area contributed by atoms with Crippen LogP contribution in [0, 0.1) is 6.92 Å². The van der Waals surface area contributed by atoms with Gasteiger partial charge in [0, 0.05) is 5.56 Å². The predicted molar refractivity (Wildman–Crippen MR) is 86.7 cm³/mol. The van der Waals surface area contributed by atoms with Crippen molar-refractivity contribution >= 4 is 28.9 Å². The molecule has 1 aromatic carbocycles. The van der Waals surface area contributed by atoms with Crippen LogP contribution < -0.4 is 0 Å². The molecule has 22 heavy (non-hydrogen) atoms. The summed E-state index contributed by atoms with van der Waals surface area (Å²) in [6.07, 6.45) is 0. The lowest BCUT2D eigenvalue weighted by Gasteiger charge is -2.04. The summed E-state index contributed by atoms with van der Waals surface area (Å²) in [5.74, 6) is -0.349. The number of ether oxygens (including phenoxy) is 1. The van der Waals surface area contributed by atoms with E-state index < -0.39 is 0 Å². The van der Waals surface area contributed by atoms with E-state index in [4.69, 9.17) is 16.3 Å². The number of nitrogens with zero attached hydrogens (tertiary/aromatic N) is 2. The minimum Gasteiger partial charge on any atom is -0.456 e. The number of hydrogen-bond acceptors (Lipinski definition) is 4. The molecule has 3 aromatic rings. The van der Waals surface area contributed by atoms with E-state index in [2.05, 4.69) is 5.10 Å². The van der Waals surface area contributed by atoms with Crippen molar-refractivity contribution in [3.63, 3.8) is 0 Å². The maximum Gasteiger partial charge on any atom is 0.348 e. The van der Waals surface area contributed by atoms with E-state index in [9.17, 15) is 4.79 Å². The summed E-state index contributed by atoms with van der Waals surface area (Å²) < 4.78 is 6.96. The van der Waals surface area contributed by atoms with Gasteiger partial charge < -0.3 is 4.74 Å². The first kappa shape index (κ1) is 14.8. The van der Waals surface area contributed by atoms with Gasteiger partial charge in [0.15, 0.2) is 0 Å². The Morgan fingerprint density at radius 2 is 2.05 bits per heavy atom. The Morgan fingerprint density at radius 1 is 1.27 bits per heavy atom. The van der Waals surface area contributed by atoms with Crippen LogP contribution in [0.25, 0.3) is 5.69 Å². The fourth-order valence-corrected chi connectivity index (χ4v) is 2.98. The second-order valence-corrected chi connectivity index (χ2v) is 5.96. The van der Waals surface area contributed by atoms with E-state index >= 15 is 0 Å². The molecule has 4 nitrogen and oxygen atoms in total. The molecule has 0 amide bonds. The molecule has 2 heterocycles. The fourth-order valence-electron chi connectivity index (χ4n) is 2.04. The fraction of sp³-hybridized carbons (Fsp3) is 0.125. The monoisotopic (exact) mass is 332 g/mol. The SMILES string of the molecule is Cc1nn(-c2ccccc2)c(Cl)c1COC(=O)c1cccs1. The van der Waals surface area contributed by atoms with E-state index in [1.54, 1.807) is 10.7 Å². The summed E-state index contributed by atoms with van der Waals surface area (Å²) in [7, 11) is 0. The number of para-hydroxylation sites is 1. The molecule has 0 bridgehead atoms. The molecule has 2 aromatic heterocycles. The number of thiophene rings is 1. The average molecular weight is 333 g/mol. The Balaban J connectivity index is 1.80. The van der Waals surface area contributed by atoms with Gasteiger partial charge >= 0.3 is 5.97 Å². The van der Waals surface area contributed by atoms with Gasteiger partial charge in [-0.15, -0.1) is 11.3 Å². The zero-order valence-corrected chi connectivity index (χ0v) is 13.4. The van der Waals surface area contributed by atoms with Crippen LogP contribution in [0.4, 0.5) is 0 Å². The number of carbonyl (C=O) groups is 1. The highest BCUT2D eigenvalue weighted by Crippen LogP contribution is 2.24. The second kappa shape index (κ2) is 6.34. The number of benzene rings is 1. The van der Waals surface area contributed by atoms with Crippen molar-refractivity contribution in [2.75, 3.05) is 0 Å². The van der Waals surface area contributed by atoms with Gasteiger partial charge in [-0.25, -0.2) is 9.48 Å². The number of rotatable bonds is 4. The smallest absolute Gasteiger partial charge is 0.348 e. The Morgan fingerprint density at radius 3 is 2.73 bits per heavy atom. The van der Waals surface area contributed by atoms with Gasteiger partial charge in [0.05, 0.1) is 11.4 Å². The Labute approximate surface area is 136 Å². The standard InChI is InChI=1S/C16H13ClN2O2S/c1-11-13(10-21-16(20)14-8-5-9-22-14)15(17)19(18-11)12-6-3-2-4-7-12/h2-9H,10H2,1H3. The minimum atomic E-state index is -0.349. The highest BCUT2D eigenvalue weighted by atomic mass is 35.5. The van der Waals surface area contributed by atoms with Gasteiger partial charge in [-0.05, 0) is 30.5 Å². The van der Waals surface area contributed by atoms with Gasteiger partial charge in [-0.2, -0.15) is 5.10 Å². The molecule has 0 saturated heterocycles. The highest BCUT2D eigenvalue weighted by molar-refractivity contribution is 7.11. The molecule has 0 unspecified atom stereocenters. The molecular formula is C16H13ClN2O2S. The van der Waals surface area contributed by atoms with Crippen LogP contribution in [0.2, 0.25) is 5.15 Å². The average Bonchev–Trinajstić information content (AvgIpc) is 3.15. The molecule has 0 aliphatic rings. The van der Waals surface area contributed by atoms with Crippen LogP contribution in [-0.4, -0.2) is 15.7 Å². The third-order valence-electron chi connectivity index (χ3n) is 3.19. The lowest BCUT2D eigenvalue weighted by atomic mass is 10.3. The van der Waals surface area contributed by atoms with Gasteiger partial charge in [-0.1, -0.05) is 35.9 Å². The van der Waals surface area contributed by atoms with Gasteiger partial charge in [0.1, 0.15) is 16.6 Å². The zero-order chi connectivity index (χ0) is 15.5. The van der Waals surface area contributed by atoms with Crippen molar-refractivity contribution < 1.29 is 9.53 Å². The van der Waals surface area contributed by atoms with Gasteiger partial charge in [0.2, 0.25) is 0 Å². The summed E-state index contributed by atoms with van der Waals surface area (Å²) in [4.78, 5) is 12.5. The maximum atomic E-state index is 11.9. The van der Waals surface area contributed by atoms with Crippen LogP contribution in [0.1, 0.15) is 20.9 Å². The first-order valence-corrected chi connectivity index (χ1v) is 7.92. The molecule has 0 spiro atoms. The van der Waals surface area contributed by atoms with Crippen LogP contribution in [0.3, 0.4) is 0 Å². The number of aromatic nitrogens is 2. The molecule has 6 heteroatoms. The number of hydrogen-bond donors (Lipinski definition) is 0. The second-order valence-electron chi connectivity index (χ2n) is 4.66. The predicted octanol–water partition coefficient (Wildman–Crippen LogP) is 4.25. The molecule has 0 atom stereocenters. The summed E-state index contributed by atoms with van der Waals surface area (Å²) in [6, 6.07) is 13.1. The van der Waals surface area contributed by atoms with E-state index in [-0.39, 0.29) is 12.6 Å². The Kier molecular flexibility index (Phi) is 4.27. The lowest BCUT2D eigenvalue weighted by Crippen LogP contribution is -2.04. The number of esters is 1. The van der Waals surface area contributed by atoms with Crippen molar-refractivity contribution in [3.8, 4) is 5.69 Å². The van der Waals surface area contributed by atoms with E-state index in [0.29, 0.717) is 10.0 Å². The molecular weight excluding hydrogens is 320 g/mol. The molecule has 0 radical (unpaired) electrons. The third kappa shape index (κ3) is 2.91. The van der Waals surface area contributed by atoms with Crippen molar-refractivity contribution in [2.24, 2.45) is 0 Å². The van der Waals surface area contributed by atoms with Crippen molar-refractivity contribution in [1.82, 2.24) is 9.78 Å². The van der Waals surface area contributed by atoms with E-state index in [0.717, 1.165) is 16.9 Å². The Hall–Kier alpha value is -2.11. The normalized spacial score (nSPS) is 10.6. The van der Waals surface area contributed by atoms with Gasteiger partial charge in [-0.3, -0.25) is 0 Å². The number of halogens is 1. The molecule has 0 N–H and O–H groups in total. The van der Waals surface area contributed by atoms with Crippen molar-refractivity contribution in [2.45, 2.75) is 13.5 Å². The quantitative estimate of drug-likeness (QED) is 0.671. The third-order valence-corrected chi connectivity index (χ3v) is 4.43. The molecule has 0 fully saturated rings. The minimum absolute atomic E-state index is 0.105. The van der Waals surface area contributed by atoms with E-state index in [1.165, 1.54) is 11.3 Å². The van der Waals surface area contributed by atoms with Crippen LogP contribution >= 0.6 is 22.9 Å². The zero-order valence-electron chi connectivity index (χ0n) is 11.8. The van der Waals surface area contributed by atoms with Crippen molar-refractivity contribution in [1.29, 1.82) is 0 Å². The van der Waals surface area contributed by atoms with Crippen molar-refractivity contribution in [3.05, 3.63) is 69.1 Å². The molecule has 112 valence electrons. The maximum absolute atomic E-state index is 11.9. The number of carbonyl (C=O) groups excluding carboxylic acids is 1. The summed E-state index contributed by atoms with van der Waals surface area (Å²) in [6.45, 7) is 1.95. The summed E-state index contributed by atoms with van der Waals surface area (Å²) >= 11 is 7.73.